The Morgan fingerprint density at radius 3 is 2.00 bits per heavy atom. The number of hydrogen-bond acceptors (Lipinski definition) is 4. The summed E-state index contributed by atoms with van der Waals surface area (Å²) in [5.74, 6) is -0.363. The van der Waals surface area contributed by atoms with E-state index in [1.165, 1.54) is 7.11 Å². The zero-order valence-corrected chi connectivity index (χ0v) is 15.1. The molecule has 0 spiro atoms. The minimum absolute atomic E-state index is 0.363. The average molecular weight is 437 g/mol. The van der Waals surface area contributed by atoms with Crippen molar-refractivity contribution < 1.29 is 27.7 Å². The maximum atomic E-state index is 11.8. The zero-order valence-electron chi connectivity index (χ0n) is 12.8. The van der Waals surface area contributed by atoms with Gasteiger partial charge in [0.15, 0.2) is 0 Å². The summed E-state index contributed by atoms with van der Waals surface area (Å²) in [7, 11) is 5.86. The summed E-state index contributed by atoms with van der Waals surface area (Å²) in [6.07, 6.45) is 7.17. The van der Waals surface area contributed by atoms with Gasteiger partial charge in [-0.05, 0) is 17.7 Å². The van der Waals surface area contributed by atoms with Crippen molar-refractivity contribution in [2.24, 2.45) is 0 Å². The SMILES string of the molecule is COC(=O)c1cc(Cn2cccn2)[c-]c(Cn2cccn2)c1.[Cl][Pd+]. The van der Waals surface area contributed by atoms with Crippen molar-refractivity contribution in [1.29, 1.82) is 0 Å². The standard InChI is InChI=1S/C16H15N4O2.ClH.Pd/c1-22-16(21)15-9-13(11-19-6-2-4-17-19)8-14(10-15)12-20-7-3-5-18-20;;/h2-7,9-10H,11-12H2,1H3;1H;/q-1;;+2/p-1. The van der Waals surface area contributed by atoms with Crippen LogP contribution in [-0.4, -0.2) is 32.6 Å². The van der Waals surface area contributed by atoms with Crippen LogP contribution >= 0.6 is 9.53 Å². The van der Waals surface area contributed by atoms with Crippen molar-refractivity contribution in [3.63, 3.8) is 0 Å². The fraction of sp³-hybridized carbons (Fsp3) is 0.188. The average Bonchev–Trinajstić information content (AvgIpc) is 3.30. The third kappa shape index (κ3) is 5.03. The quantitative estimate of drug-likeness (QED) is 0.350. The number of carbonyl (C=O) groups excluding carboxylic acids is 1. The van der Waals surface area contributed by atoms with Crippen LogP contribution in [0.2, 0.25) is 0 Å². The van der Waals surface area contributed by atoms with Gasteiger partial charge < -0.3 is 4.74 Å². The van der Waals surface area contributed by atoms with E-state index < -0.39 is 0 Å². The van der Waals surface area contributed by atoms with Crippen LogP contribution in [0, 0.1) is 6.07 Å². The first kappa shape index (κ1) is 18.4. The van der Waals surface area contributed by atoms with E-state index in [-0.39, 0.29) is 5.97 Å². The number of benzene rings is 1. The Balaban J connectivity index is 0.00000100. The van der Waals surface area contributed by atoms with Gasteiger partial charge in [0.1, 0.15) is 0 Å². The van der Waals surface area contributed by atoms with Gasteiger partial charge in [-0.2, -0.15) is 28.4 Å². The second-order valence-corrected chi connectivity index (χ2v) is 4.82. The van der Waals surface area contributed by atoms with Crippen LogP contribution in [0.1, 0.15) is 21.5 Å². The van der Waals surface area contributed by atoms with Gasteiger partial charge in [0.05, 0.1) is 7.11 Å². The Morgan fingerprint density at radius 1 is 1.12 bits per heavy atom. The van der Waals surface area contributed by atoms with Gasteiger partial charge in [-0.25, -0.2) is 4.79 Å². The predicted molar refractivity (Wildman–Crippen MR) is 85.1 cm³/mol. The maximum absolute atomic E-state index is 11.8. The number of methoxy groups -OCH3 is 1. The number of nitrogens with zero attached hydrogens (tertiary/aromatic N) is 4. The van der Waals surface area contributed by atoms with Crippen molar-refractivity contribution in [2.45, 2.75) is 13.1 Å². The van der Waals surface area contributed by atoms with Gasteiger partial charge in [0, 0.05) is 37.9 Å². The van der Waals surface area contributed by atoms with E-state index in [0.717, 1.165) is 11.1 Å². The Kier molecular flexibility index (Phi) is 7.19. The molecule has 0 bridgehead atoms. The van der Waals surface area contributed by atoms with E-state index >= 15 is 0 Å². The van der Waals surface area contributed by atoms with Crippen LogP contribution in [-0.2, 0) is 36.0 Å². The van der Waals surface area contributed by atoms with Crippen LogP contribution in [0.5, 0.6) is 0 Å². The van der Waals surface area contributed by atoms with Crippen LogP contribution < -0.4 is 0 Å². The van der Waals surface area contributed by atoms with E-state index in [2.05, 4.69) is 44.0 Å². The van der Waals surface area contributed by atoms with Gasteiger partial charge >= 0.3 is 33.7 Å². The van der Waals surface area contributed by atoms with Crippen LogP contribution in [0.15, 0.2) is 49.1 Å². The van der Waals surface area contributed by atoms with Gasteiger partial charge in [0.25, 0.3) is 0 Å². The zero-order chi connectivity index (χ0) is 17.4. The second-order valence-electron chi connectivity index (χ2n) is 4.82. The number of rotatable bonds is 5. The number of ether oxygens (including phenoxy) is 1. The van der Waals surface area contributed by atoms with E-state index in [9.17, 15) is 4.79 Å². The summed E-state index contributed by atoms with van der Waals surface area (Å²) >= 11 is 2.22. The van der Waals surface area contributed by atoms with E-state index in [0.29, 0.717) is 18.7 Å². The van der Waals surface area contributed by atoms with E-state index in [1.807, 2.05) is 24.5 Å². The molecule has 0 amide bonds. The monoisotopic (exact) mass is 436 g/mol. The predicted octanol–water partition coefficient (Wildman–Crippen LogP) is 2.45. The molecule has 0 fully saturated rings. The first-order valence-electron chi connectivity index (χ1n) is 6.95. The molecule has 3 aromatic rings. The summed E-state index contributed by atoms with van der Waals surface area (Å²) in [5.41, 5.74) is 2.24. The molecule has 0 atom stereocenters. The van der Waals surface area contributed by atoms with Crippen LogP contribution in [0.4, 0.5) is 0 Å². The number of halogens is 1. The topological polar surface area (TPSA) is 61.9 Å². The Morgan fingerprint density at radius 2 is 1.62 bits per heavy atom. The van der Waals surface area contributed by atoms with E-state index in [4.69, 9.17) is 4.74 Å². The summed E-state index contributed by atoms with van der Waals surface area (Å²) in [6.45, 7) is 1.09. The second kappa shape index (κ2) is 9.38. The van der Waals surface area contributed by atoms with Gasteiger partial charge in [0.2, 0.25) is 0 Å². The van der Waals surface area contributed by atoms with Crippen molar-refractivity contribution >= 4 is 15.5 Å². The van der Waals surface area contributed by atoms with Crippen LogP contribution in [0.25, 0.3) is 0 Å². The van der Waals surface area contributed by atoms with Gasteiger partial charge in [-0.3, -0.25) is 9.36 Å². The summed E-state index contributed by atoms with van der Waals surface area (Å²) in [6, 6.07) is 10.6. The molecule has 2 aromatic heterocycles. The number of carbonyl (C=O) groups is 1. The summed E-state index contributed by atoms with van der Waals surface area (Å²) in [5, 5.41) is 8.35. The number of aromatic nitrogens is 4. The number of hydrogen-bond donors (Lipinski definition) is 0. The first-order valence-corrected chi connectivity index (χ1v) is 8.95. The van der Waals surface area contributed by atoms with Crippen LogP contribution in [0.3, 0.4) is 0 Å². The third-order valence-corrected chi connectivity index (χ3v) is 3.18. The molecule has 0 unspecified atom stereocenters. The molecule has 3 rings (SSSR count). The fourth-order valence-electron chi connectivity index (χ4n) is 2.24. The Labute approximate surface area is 154 Å². The molecule has 2 heterocycles. The van der Waals surface area contributed by atoms with E-state index in [1.54, 1.807) is 33.9 Å². The summed E-state index contributed by atoms with van der Waals surface area (Å²) in [4.78, 5) is 11.8. The summed E-state index contributed by atoms with van der Waals surface area (Å²) < 4.78 is 8.38. The molecule has 0 saturated heterocycles. The molecule has 0 aliphatic heterocycles. The molecule has 8 heteroatoms. The normalized spacial score (nSPS) is 10.0. The molecule has 0 saturated carbocycles. The minimum atomic E-state index is -0.363. The van der Waals surface area contributed by atoms with Gasteiger partial charge in [-0.1, -0.05) is 0 Å². The first-order chi connectivity index (χ1) is 11.7. The molecular formula is C16H15ClN4O2Pd. The molecule has 0 aliphatic carbocycles. The molecule has 1 aromatic carbocycles. The molecule has 0 N–H and O–H groups in total. The Hall–Kier alpha value is -1.94. The van der Waals surface area contributed by atoms with Crippen molar-refractivity contribution in [3.05, 3.63) is 71.8 Å². The fourth-order valence-corrected chi connectivity index (χ4v) is 2.24. The molecular weight excluding hydrogens is 422 g/mol. The molecule has 0 radical (unpaired) electrons. The number of esters is 1. The molecule has 128 valence electrons. The van der Waals surface area contributed by atoms with Gasteiger partial charge in [-0.15, -0.1) is 11.1 Å². The van der Waals surface area contributed by atoms with Crippen molar-refractivity contribution in [3.8, 4) is 0 Å². The van der Waals surface area contributed by atoms with Crippen molar-refractivity contribution in [2.75, 3.05) is 7.11 Å². The Bertz CT molecular complexity index is 706. The third-order valence-electron chi connectivity index (χ3n) is 3.18. The molecule has 6 nitrogen and oxygen atoms in total. The molecule has 24 heavy (non-hydrogen) atoms. The van der Waals surface area contributed by atoms with Crippen molar-refractivity contribution in [1.82, 2.24) is 19.6 Å². The molecule has 0 aliphatic rings.